The molecule has 21 heavy (non-hydrogen) atoms. The number of ether oxygens (including phenoxy) is 1. The van der Waals surface area contributed by atoms with E-state index in [9.17, 15) is 18.0 Å². The van der Waals surface area contributed by atoms with Gasteiger partial charge < -0.3 is 10.1 Å². The van der Waals surface area contributed by atoms with E-state index >= 15 is 0 Å². The maximum atomic E-state index is 12.7. The van der Waals surface area contributed by atoms with Crippen molar-refractivity contribution in [1.82, 2.24) is 10.3 Å². The van der Waals surface area contributed by atoms with Crippen LogP contribution < -0.4 is 10.1 Å². The predicted molar refractivity (Wildman–Crippen MR) is 70.1 cm³/mol. The third kappa shape index (κ3) is 4.09. The first-order chi connectivity index (χ1) is 9.90. The number of carbonyl (C=O) groups excluding carboxylic acids is 1. The van der Waals surface area contributed by atoms with Crippen LogP contribution in [0.3, 0.4) is 0 Å². The fraction of sp³-hybridized carbons (Fsp3) is 0.571. The number of hydrogen-bond donors (Lipinski definition) is 1. The number of alkyl halides is 3. The average Bonchev–Trinajstić information content (AvgIpc) is 2.47. The minimum absolute atomic E-state index is 0.0567. The molecule has 2 atom stereocenters. The summed E-state index contributed by atoms with van der Waals surface area (Å²) in [6.07, 6.45) is -1.72. The van der Waals surface area contributed by atoms with Gasteiger partial charge in [-0.1, -0.05) is 6.42 Å². The zero-order chi connectivity index (χ0) is 15.5. The highest BCUT2D eigenvalue weighted by Crippen LogP contribution is 2.37. The van der Waals surface area contributed by atoms with Crippen LogP contribution in [0.2, 0.25) is 0 Å². The molecule has 0 spiro atoms. The number of nitrogens with zero attached hydrogens (tertiary/aromatic N) is 1. The van der Waals surface area contributed by atoms with Crippen LogP contribution in [0.4, 0.5) is 13.2 Å². The van der Waals surface area contributed by atoms with Gasteiger partial charge >= 0.3 is 6.18 Å². The van der Waals surface area contributed by atoms with E-state index < -0.39 is 24.0 Å². The summed E-state index contributed by atoms with van der Waals surface area (Å²) in [6, 6.07) is 2.62. The van der Waals surface area contributed by atoms with Gasteiger partial charge in [0.25, 0.3) is 5.91 Å². The molecule has 1 N–H and O–H groups in total. The van der Waals surface area contributed by atoms with Gasteiger partial charge in [-0.25, -0.2) is 4.98 Å². The molecular formula is C14H17F3N2O2. The number of methoxy groups -OCH3 is 1. The maximum Gasteiger partial charge on any atom is 0.391 e. The van der Waals surface area contributed by atoms with Crippen LogP contribution in [0.25, 0.3) is 0 Å². The molecule has 1 aromatic heterocycles. The van der Waals surface area contributed by atoms with Gasteiger partial charge in [-0.3, -0.25) is 4.79 Å². The highest BCUT2D eigenvalue weighted by atomic mass is 19.4. The SMILES string of the molecule is COc1ccc(C(=O)N[C@@H]2CCC[C@@H](C(F)(F)F)C2)cn1. The Morgan fingerprint density at radius 3 is 2.71 bits per heavy atom. The van der Waals surface area contributed by atoms with Crippen molar-refractivity contribution in [2.24, 2.45) is 5.92 Å². The van der Waals surface area contributed by atoms with E-state index in [1.54, 1.807) is 0 Å². The normalized spacial score (nSPS) is 22.7. The van der Waals surface area contributed by atoms with E-state index in [4.69, 9.17) is 4.74 Å². The van der Waals surface area contributed by atoms with Crippen LogP contribution in [-0.2, 0) is 0 Å². The molecule has 7 heteroatoms. The number of aromatic nitrogens is 1. The molecule has 4 nitrogen and oxygen atoms in total. The largest absolute Gasteiger partial charge is 0.481 e. The molecule has 1 aliphatic carbocycles. The van der Waals surface area contributed by atoms with Crippen molar-refractivity contribution < 1.29 is 22.7 Å². The summed E-state index contributed by atoms with van der Waals surface area (Å²) < 4.78 is 43.0. The minimum atomic E-state index is -4.19. The Hall–Kier alpha value is -1.79. The Labute approximate surface area is 120 Å². The van der Waals surface area contributed by atoms with Crippen LogP contribution in [0, 0.1) is 5.92 Å². The topological polar surface area (TPSA) is 51.2 Å². The molecule has 1 aliphatic rings. The highest BCUT2D eigenvalue weighted by molar-refractivity contribution is 5.94. The first-order valence-corrected chi connectivity index (χ1v) is 6.77. The quantitative estimate of drug-likeness (QED) is 0.934. The maximum absolute atomic E-state index is 12.7. The van der Waals surface area contributed by atoms with Gasteiger partial charge in [-0.15, -0.1) is 0 Å². The molecule has 0 saturated heterocycles. The fourth-order valence-electron chi connectivity index (χ4n) is 2.52. The molecule has 1 aromatic rings. The van der Waals surface area contributed by atoms with Crippen molar-refractivity contribution >= 4 is 5.91 Å². The molecule has 1 fully saturated rings. The number of pyridine rings is 1. The van der Waals surface area contributed by atoms with Crippen LogP contribution in [0.5, 0.6) is 5.88 Å². The van der Waals surface area contributed by atoms with E-state index in [1.165, 1.54) is 25.4 Å². The second kappa shape index (κ2) is 6.32. The standard InChI is InChI=1S/C14H17F3N2O2/c1-21-12-6-5-9(8-18-12)13(20)19-11-4-2-3-10(7-11)14(15,16)17/h5-6,8,10-11H,2-4,7H2,1H3,(H,19,20)/t10-,11-/m1/s1. The lowest BCUT2D eigenvalue weighted by Gasteiger charge is -2.31. The third-order valence-electron chi connectivity index (χ3n) is 3.68. The van der Waals surface area contributed by atoms with Crippen molar-refractivity contribution in [2.45, 2.75) is 37.9 Å². The second-order valence-corrected chi connectivity index (χ2v) is 5.16. The van der Waals surface area contributed by atoms with E-state index in [2.05, 4.69) is 10.3 Å². The van der Waals surface area contributed by atoms with Gasteiger partial charge in [0, 0.05) is 18.3 Å². The summed E-state index contributed by atoms with van der Waals surface area (Å²) in [6.45, 7) is 0. The molecule has 1 saturated carbocycles. The fourth-order valence-corrected chi connectivity index (χ4v) is 2.52. The van der Waals surface area contributed by atoms with Crippen LogP contribution in [-0.4, -0.2) is 30.2 Å². The minimum Gasteiger partial charge on any atom is -0.481 e. The molecular weight excluding hydrogens is 285 g/mol. The number of amides is 1. The van der Waals surface area contributed by atoms with Crippen molar-refractivity contribution in [3.8, 4) is 5.88 Å². The number of rotatable bonds is 3. The van der Waals surface area contributed by atoms with Gasteiger partial charge in [0.1, 0.15) is 0 Å². The third-order valence-corrected chi connectivity index (χ3v) is 3.68. The van der Waals surface area contributed by atoms with Crippen LogP contribution in [0.1, 0.15) is 36.0 Å². The summed E-state index contributed by atoms with van der Waals surface area (Å²) in [5.74, 6) is -1.36. The lowest BCUT2D eigenvalue weighted by molar-refractivity contribution is -0.183. The Bertz CT molecular complexity index is 488. The molecule has 116 valence electrons. The number of carbonyl (C=O) groups is 1. The monoisotopic (exact) mass is 302 g/mol. The molecule has 0 radical (unpaired) electrons. The lowest BCUT2D eigenvalue weighted by atomic mass is 9.85. The van der Waals surface area contributed by atoms with Crippen LogP contribution in [0.15, 0.2) is 18.3 Å². The molecule has 1 heterocycles. The molecule has 0 aromatic carbocycles. The van der Waals surface area contributed by atoms with E-state index in [0.717, 1.165) is 0 Å². The van der Waals surface area contributed by atoms with Gasteiger partial charge in [0.15, 0.2) is 0 Å². The molecule has 0 bridgehead atoms. The van der Waals surface area contributed by atoms with Crippen molar-refractivity contribution in [2.75, 3.05) is 7.11 Å². The Morgan fingerprint density at radius 1 is 1.38 bits per heavy atom. The Kier molecular flexibility index (Phi) is 4.69. The number of halogens is 3. The van der Waals surface area contributed by atoms with Crippen LogP contribution >= 0.6 is 0 Å². The van der Waals surface area contributed by atoms with E-state index in [1.807, 2.05) is 0 Å². The summed E-state index contributed by atoms with van der Waals surface area (Å²) in [4.78, 5) is 15.9. The smallest absolute Gasteiger partial charge is 0.391 e. The van der Waals surface area contributed by atoms with Gasteiger partial charge in [0.2, 0.25) is 5.88 Å². The zero-order valence-electron chi connectivity index (χ0n) is 11.6. The van der Waals surface area contributed by atoms with Crippen molar-refractivity contribution in [1.29, 1.82) is 0 Å². The summed E-state index contributed by atoms with van der Waals surface area (Å²) in [7, 11) is 1.46. The highest BCUT2D eigenvalue weighted by Gasteiger charge is 2.42. The Morgan fingerprint density at radius 2 is 2.14 bits per heavy atom. The zero-order valence-corrected chi connectivity index (χ0v) is 11.6. The molecule has 0 unspecified atom stereocenters. The van der Waals surface area contributed by atoms with Crippen molar-refractivity contribution in [3.05, 3.63) is 23.9 Å². The van der Waals surface area contributed by atoms with Gasteiger partial charge in [0.05, 0.1) is 18.6 Å². The Balaban J connectivity index is 1.95. The average molecular weight is 302 g/mol. The molecule has 1 amide bonds. The number of hydrogen-bond acceptors (Lipinski definition) is 3. The number of nitrogens with one attached hydrogen (secondary N) is 1. The van der Waals surface area contributed by atoms with E-state index in [0.29, 0.717) is 24.3 Å². The predicted octanol–water partition coefficient (Wildman–Crippen LogP) is 2.94. The van der Waals surface area contributed by atoms with Crippen molar-refractivity contribution in [3.63, 3.8) is 0 Å². The second-order valence-electron chi connectivity index (χ2n) is 5.16. The first-order valence-electron chi connectivity index (χ1n) is 6.77. The lowest BCUT2D eigenvalue weighted by Crippen LogP contribution is -2.41. The van der Waals surface area contributed by atoms with E-state index in [-0.39, 0.29) is 12.8 Å². The summed E-state index contributed by atoms with van der Waals surface area (Å²) >= 11 is 0. The first kappa shape index (κ1) is 15.6. The summed E-state index contributed by atoms with van der Waals surface area (Å²) in [5.41, 5.74) is 0.310. The van der Waals surface area contributed by atoms with Gasteiger partial charge in [-0.05, 0) is 25.3 Å². The summed E-state index contributed by atoms with van der Waals surface area (Å²) in [5, 5.41) is 2.65. The van der Waals surface area contributed by atoms with Gasteiger partial charge in [-0.2, -0.15) is 13.2 Å². The molecule has 0 aliphatic heterocycles. The molecule has 2 rings (SSSR count).